The van der Waals surface area contributed by atoms with Crippen molar-refractivity contribution < 1.29 is 37.9 Å². The van der Waals surface area contributed by atoms with Crippen LogP contribution in [0.15, 0.2) is 109 Å². The molecule has 0 heterocycles. The lowest BCUT2D eigenvalue weighted by molar-refractivity contribution is 0.258. The molecular formula is C104H154O8. The molecule has 0 N–H and O–H groups in total. The predicted molar refractivity (Wildman–Crippen MR) is 483 cm³/mol. The summed E-state index contributed by atoms with van der Waals surface area (Å²) in [7, 11) is 0. The van der Waals surface area contributed by atoms with E-state index in [9.17, 15) is 0 Å². The lowest BCUT2D eigenvalue weighted by Crippen LogP contribution is -2.04. The fourth-order valence-corrected chi connectivity index (χ4v) is 16.1. The molecule has 0 atom stereocenters. The number of benzene rings is 8. The number of unbranched alkanes of at least 4 members (excludes halogenated alkanes) is 40. The highest BCUT2D eigenvalue weighted by molar-refractivity contribution is 6.32. The van der Waals surface area contributed by atoms with Crippen molar-refractivity contribution in [3.63, 3.8) is 0 Å². The van der Waals surface area contributed by atoms with Crippen LogP contribution in [0.3, 0.4) is 0 Å². The van der Waals surface area contributed by atoms with Crippen molar-refractivity contribution >= 4 is 32.3 Å². The van der Waals surface area contributed by atoms with Gasteiger partial charge in [0.1, 0.15) is 0 Å². The smallest absolute Gasteiger partial charge is 0.161 e. The summed E-state index contributed by atoms with van der Waals surface area (Å²) < 4.78 is 55.1. The van der Waals surface area contributed by atoms with E-state index >= 15 is 0 Å². The van der Waals surface area contributed by atoms with Crippen molar-refractivity contribution in [2.24, 2.45) is 0 Å². The molecule has 8 rings (SSSR count). The SMILES string of the molecule is CCCCCCCCOc1ccc(-c2cc(-c3ccc(OCCCCCCCC)c(OCCCCCCCC)c3)c3ccc4c(-c5ccc(OCCCCCCCC)c(OCCCCCCCC)c5)cc(-c5ccc(OCCCCCCCC)c(OCCCCCCCC)c5)c5ccc2c3c54)cc1OCCCCCCCC. The molecule has 0 amide bonds. The Morgan fingerprint density at radius 1 is 0.152 bits per heavy atom. The van der Waals surface area contributed by atoms with Crippen LogP contribution in [0.2, 0.25) is 0 Å². The molecule has 112 heavy (non-hydrogen) atoms. The molecule has 8 aromatic carbocycles. The van der Waals surface area contributed by atoms with Gasteiger partial charge in [0.05, 0.1) is 52.9 Å². The Morgan fingerprint density at radius 3 is 0.473 bits per heavy atom. The second-order valence-electron chi connectivity index (χ2n) is 32.6. The van der Waals surface area contributed by atoms with Crippen LogP contribution in [0.5, 0.6) is 46.0 Å². The average molecular weight is 1530 g/mol. The van der Waals surface area contributed by atoms with Gasteiger partial charge in [-0.05, 0) is 189 Å². The third-order valence-corrected chi connectivity index (χ3v) is 23.0. The molecule has 0 radical (unpaired) electrons. The van der Waals surface area contributed by atoms with Crippen LogP contribution in [0.1, 0.15) is 364 Å². The number of hydrogen-bond donors (Lipinski definition) is 0. The molecule has 618 valence electrons. The molecule has 0 fully saturated rings. The van der Waals surface area contributed by atoms with Gasteiger partial charge < -0.3 is 37.9 Å². The molecule has 8 nitrogen and oxygen atoms in total. The maximum atomic E-state index is 6.99. The van der Waals surface area contributed by atoms with E-state index in [0.717, 1.165) is 168 Å². The van der Waals surface area contributed by atoms with Crippen molar-refractivity contribution in [2.45, 2.75) is 364 Å². The molecule has 0 saturated carbocycles. The van der Waals surface area contributed by atoms with E-state index in [4.69, 9.17) is 37.9 Å². The molecule has 8 aromatic rings. The zero-order valence-electron chi connectivity index (χ0n) is 72.3. The van der Waals surface area contributed by atoms with Gasteiger partial charge in [0, 0.05) is 0 Å². The van der Waals surface area contributed by atoms with Gasteiger partial charge in [-0.1, -0.05) is 361 Å². The van der Waals surface area contributed by atoms with Crippen molar-refractivity contribution in [3.05, 3.63) is 109 Å². The summed E-state index contributed by atoms with van der Waals surface area (Å²) >= 11 is 0. The van der Waals surface area contributed by atoms with Gasteiger partial charge in [0.2, 0.25) is 0 Å². The molecule has 8 heteroatoms. The summed E-state index contributed by atoms with van der Waals surface area (Å²) in [5.41, 5.74) is 8.94. The summed E-state index contributed by atoms with van der Waals surface area (Å²) in [5.74, 6) is 6.54. The minimum Gasteiger partial charge on any atom is -0.490 e. The molecule has 0 aliphatic rings. The van der Waals surface area contributed by atoms with Crippen LogP contribution in [0, 0.1) is 0 Å². The molecule has 0 aliphatic carbocycles. The van der Waals surface area contributed by atoms with Crippen molar-refractivity contribution in [3.8, 4) is 90.5 Å². The molecule has 0 spiro atoms. The molecular weight excluding hydrogens is 1380 g/mol. The molecule has 0 aliphatic heterocycles. The highest BCUT2D eigenvalue weighted by atomic mass is 16.5. The first-order valence-electron chi connectivity index (χ1n) is 46.8. The van der Waals surface area contributed by atoms with Crippen LogP contribution in [-0.4, -0.2) is 52.9 Å². The second kappa shape index (κ2) is 55.7. The minimum absolute atomic E-state index is 0.642. The standard InChI is InChI=1S/C104H154O8/c1-9-17-25-33-41-49-69-105-95-65-57-83(77-99(95)109-73-53-45-37-29-21-13-5)91-81-92(84-58-66-96(106-70-50-42-34-26-18-10-2)100(78-84)110-74-54-46-38-30-22-14-6)88-63-64-90-94(86-60-68-98(108-72-52-44-36-28-20-12-4)102(80-86)112-76-56-48-40-32-24-16-8)82-93(89-62-61-87(91)103(88)104(89)90)85-59-67-97(107-71-51-43-35-27-19-11-3)101(79-85)111-75-55-47-39-31-23-15-7/h57-68,77-82H,9-56,69-76H2,1-8H3. The molecule has 0 unspecified atom stereocenters. The minimum atomic E-state index is 0.642. The molecule has 0 saturated heterocycles. The van der Waals surface area contributed by atoms with E-state index < -0.39 is 0 Å². The van der Waals surface area contributed by atoms with E-state index in [-0.39, 0.29) is 0 Å². The quantitative estimate of drug-likeness (QED) is 0.0276. The Kier molecular flexibility index (Phi) is 45.1. The van der Waals surface area contributed by atoms with Crippen molar-refractivity contribution in [1.82, 2.24) is 0 Å². The normalized spacial score (nSPS) is 11.6. The molecule has 0 aromatic heterocycles. The highest BCUT2D eigenvalue weighted by Crippen LogP contribution is 2.51. The Labute approximate surface area is 682 Å². The van der Waals surface area contributed by atoms with Crippen LogP contribution in [0.25, 0.3) is 76.8 Å². The Bertz CT molecular complexity index is 3310. The van der Waals surface area contributed by atoms with Crippen LogP contribution >= 0.6 is 0 Å². The summed E-state index contributed by atoms with van der Waals surface area (Å²) in [4.78, 5) is 0. The van der Waals surface area contributed by atoms with Gasteiger partial charge >= 0.3 is 0 Å². The third-order valence-electron chi connectivity index (χ3n) is 23.0. The highest BCUT2D eigenvalue weighted by Gasteiger charge is 2.25. The van der Waals surface area contributed by atoms with Crippen LogP contribution in [0.4, 0.5) is 0 Å². The van der Waals surface area contributed by atoms with Crippen LogP contribution < -0.4 is 37.9 Å². The van der Waals surface area contributed by atoms with Crippen molar-refractivity contribution in [1.29, 1.82) is 0 Å². The monoisotopic (exact) mass is 1530 g/mol. The zero-order valence-corrected chi connectivity index (χ0v) is 72.3. The third kappa shape index (κ3) is 30.8. The lowest BCUT2D eigenvalue weighted by atomic mass is 9.82. The van der Waals surface area contributed by atoms with Gasteiger partial charge in [-0.3, -0.25) is 0 Å². The lowest BCUT2D eigenvalue weighted by Gasteiger charge is -2.23. The largest absolute Gasteiger partial charge is 0.490 e. The average Bonchev–Trinajstić information content (AvgIpc) is 0.707. The van der Waals surface area contributed by atoms with Crippen LogP contribution in [-0.2, 0) is 0 Å². The first kappa shape index (κ1) is 90.7. The zero-order chi connectivity index (χ0) is 78.7. The molecule has 0 bridgehead atoms. The fraction of sp³-hybridized carbons (Fsp3) is 0.615. The summed E-state index contributed by atoms with van der Waals surface area (Å²) in [6, 6.07) is 41.7. The Hall–Kier alpha value is -6.80. The summed E-state index contributed by atoms with van der Waals surface area (Å²) in [6.07, 6.45) is 57.6. The van der Waals surface area contributed by atoms with E-state index in [1.54, 1.807) is 0 Å². The van der Waals surface area contributed by atoms with Gasteiger partial charge in [0.15, 0.2) is 46.0 Å². The van der Waals surface area contributed by atoms with Gasteiger partial charge in [-0.2, -0.15) is 0 Å². The topological polar surface area (TPSA) is 73.8 Å². The van der Waals surface area contributed by atoms with Gasteiger partial charge in [-0.15, -0.1) is 0 Å². The van der Waals surface area contributed by atoms with Gasteiger partial charge in [0.25, 0.3) is 0 Å². The van der Waals surface area contributed by atoms with E-state index in [2.05, 4.69) is 165 Å². The first-order chi connectivity index (χ1) is 55.4. The summed E-state index contributed by atoms with van der Waals surface area (Å²) in [6.45, 7) is 23.6. The van der Waals surface area contributed by atoms with Gasteiger partial charge in [-0.25, -0.2) is 0 Å². The van der Waals surface area contributed by atoms with E-state index in [1.165, 1.54) is 263 Å². The second-order valence-corrected chi connectivity index (χ2v) is 32.6. The maximum absolute atomic E-state index is 6.99. The number of ether oxygens (including phenoxy) is 8. The first-order valence-corrected chi connectivity index (χ1v) is 46.8. The maximum Gasteiger partial charge on any atom is 0.161 e. The number of rotatable bonds is 68. The van der Waals surface area contributed by atoms with E-state index in [1.807, 2.05) is 0 Å². The van der Waals surface area contributed by atoms with Crippen molar-refractivity contribution in [2.75, 3.05) is 52.9 Å². The van der Waals surface area contributed by atoms with E-state index in [0.29, 0.717) is 52.9 Å². The predicted octanol–water partition coefficient (Wildman–Crippen LogP) is 33.2. The number of hydrogen-bond acceptors (Lipinski definition) is 8. The summed E-state index contributed by atoms with van der Waals surface area (Å²) in [5, 5.41) is 7.18. The Morgan fingerprint density at radius 2 is 0.304 bits per heavy atom. The fourth-order valence-electron chi connectivity index (χ4n) is 16.1. The Balaban J connectivity index is 1.37.